The quantitative estimate of drug-likeness (QED) is 0.663. The molecule has 0 saturated carbocycles. The average Bonchev–Trinajstić information content (AvgIpc) is 3.06. The molecule has 0 spiro atoms. The molecule has 1 N–H and O–H groups in total. The number of hydrogen-bond donors (Lipinski definition) is 1. The largest absolute Gasteiger partial charge is 0.496 e. The maximum absolute atomic E-state index is 12.0. The van der Waals surface area contributed by atoms with Gasteiger partial charge in [0.2, 0.25) is 5.91 Å². The predicted octanol–water partition coefficient (Wildman–Crippen LogP) is 4.96. The van der Waals surface area contributed by atoms with E-state index in [2.05, 4.69) is 17.4 Å². The lowest BCUT2D eigenvalue weighted by molar-refractivity contribution is -0.116. The van der Waals surface area contributed by atoms with Gasteiger partial charge in [0.25, 0.3) is 0 Å². The Morgan fingerprint density at radius 1 is 1.27 bits per heavy atom. The van der Waals surface area contributed by atoms with E-state index in [1.165, 1.54) is 0 Å². The number of furan rings is 1. The summed E-state index contributed by atoms with van der Waals surface area (Å²) >= 11 is 0. The summed E-state index contributed by atoms with van der Waals surface area (Å²) in [5.74, 6) is 0.616. The number of likely N-dealkylation sites (N-methyl/N-ethyl adjacent to an activating group) is 1. The van der Waals surface area contributed by atoms with Crippen molar-refractivity contribution in [2.24, 2.45) is 0 Å². The second kappa shape index (κ2) is 7.48. The molecule has 134 valence electrons. The number of methoxy groups -OCH3 is 1. The Labute approximate surface area is 153 Å². The van der Waals surface area contributed by atoms with E-state index in [9.17, 15) is 4.79 Å². The van der Waals surface area contributed by atoms with Crippen LogP contribution in [0, 0.1) is 6.92 Å². The number of ether oxygens (including phenoxy) is 1. The van der Waals surface area contributed by atoms with Gasteiger partial charge in [0.1, 0.15) is 11.3 Å². The van der Waals surface area contributed by atoms with Gasteiger partial charge in [-0.3, -0.25) is 4.79 Å². The third-order valence-corrected chi connectivity index (χ3v) is 4.46. The Balaban J connectivity index is 2.21. The number of rotatable bonds is 5. The third-order valence-electron chi connectivity index (χ3n) is 4.46. The molecule has 1 heterocycles. The number of amides is 1. The van der Waals surface area contributed by atoms with E-state index >= 15 is 0 Å². The van der Waals surface area contributed by atoms with Gasteiger partial charge in [-0.25, -0.2) is 0 Å². The van der Waals surface area contributed by atoms with Crippen molar-refractivity contribution in [2.45, 2.75) is 20.8 Å². The van der Waals surface area contributed by atoms with Crippen LogP contribution in [0.4, 0.5) is 0 Å². The van der Waals surface area contributed by atoms with E-state index in [1.807, 2.05) is 45.0 Å². The van der Waals surface area contributed by atoms with Gasteiger partial charge in [-0.1, -0.05) is 30.3 Å². The van der Waals surface area contributed by atoms with Crippen LogP contribution in [0.25, 0.3) is 27.7 Å². The normalized spacial score (nSPS) is 11.6. The molecule has 0 saturated heterocycles. The number of hydrogen-bond acceptors (Lipinski definition) is 3. The number of allylic oxidation sites excluding steroid dienone is 1. The van der Waals surface area contributed by atoms with Gasteiger partial charge in [0.15, 0.2) is 0 Å². The molecule has 1 aromatic heterocycles. The zero-order chi connectivity index (χ0) is 18.7. The smallest absolute Gasteiger partial charge is 0.244 e. The predicted molar refractivity (Wildman–Crippen MR) is 105 cm³/mol. The van der Waals surface area contributed by atoms with Gasteiger partial charge in [0.05, 0.1) is 13.4 Å². The number of nitrogens with one attached hydrogen (secondary N) is 1. The standard InChI is InChI=1S/C22H23NO3/c1-5-23-20(24)11-14(2)17-12-18-19(16-9-7-6-8-10-16)13-26-22(18)15(3)21(17)25-4/h6-13H,5H2,1-4H3,(H,23,24)/b14-11+. The molecule has 0 unspecified atom stereocenters. The molecular weight excluding hydrogens is 326 g/mol. The minimum absolute atomic E-state index is 0.111. The van der Waals surface area contributed by atoms with E-state index in [1.54, 1.807) is 19.4 Å². The molecule has 0 bridgehead atoms. The fraction of sp³-hybridized carbons (Fsp3) is 0.227. The van der Waals surface area contributed by atoms with Crippen molar-refractivity contribution in [1.82, 2.24) is 5.32 Å². The first-order chi connectivity index (χ1) is 12.6. The molecule has 0 aliphatic heterocycles. The molecule has 2 aromatic carbocycles. The van der Waals surface area contributed by atoms with E-state index < -0.39 is 0 Å². The highest BCUT2D eigenvalue weighted by Crippen LogP contribution is 2.40. The highest BCUT2D eigenvalue weighted by atomic mass is 16.5. The number of aryl methyl sites for hydroxylation is 1. The van der Waals surface area contributed by atoms with E-state index in [-0.39, 0.29) is 5.91 Å². The SMILES string of the molecule is CCNC(=O)/C=C(\C)c1cc2c(-c3ccccc3)coc2c(C)c1OC. The highest BCUT2D eigenvalue weighted by molar-refractivity contribution is 6.01. The fourth-order valence-electron chi connectivity index (χ4n) is 3.21. The van der Waals surface area contributed by atoms with Crippen molar-refractivity contribution < 1.29 is 13.9 Å². The van der Waals surface area contributed by atoms with Gasteiger partial charge in [-0.05, 0) is 38.0 Å². The van der Waals surface area contributed by atoms with Crippen LogP contribution >= 0.6 is 0 Å². The maximum atomic E-state index is 12.0. The molecule has 3 rings (SSSR count). The molecule has 0 radical (unpaired) electrons. The van der Waals surface area contributed by atoms with Crippen molar-refractivity contribution in [3.8, 4) is 16.9 Å². The lowest BCUT2D eigenvalue weighted by Gasteiger charge is -2.13. The first-order valence-corrected chi connectivity index (χ1v) is 8.67. The first-order valence-electron chi connectivity index (χ1n) is 8.67. The van der Waals surface area contributed by atoms with E-state index in [4.69, 9.17) is 9.15 Å². The maximum Gasteiger partial charge on any atom is 0.244 e. The molecule has 0 atom stereocenters. The van der Waals surface area contributed by atoms with Crippen LogP contribution in [0.2, 0.25) is 0 Å². The zero-order valence-corrected chi connectivity index (χ0v) is 15.6. The Hall–Kier alpha value is -3.01. The molecule has 0 aliphatic rings. The Morgan fingerprint density at radius 3 is 2.65 bits per heavy atom. The summed E-state index contributed by atoms with van der Waals surface area (Å²) in [4.78, 5) is 12.0. The monoisotopic (exact) mass is 349 g/mol. The molecule has 0 fully saturated rings. The van der Waals surface area contributed by atoms with Crippen LogP contribution in [-0.2, 0) is 4.79 Å². The summed E-state index contributed by atoms with van der Waals surface area (Å²) in [6.07, 6.45) is 3.38. The van der Waals surface area contributed by atoms with Crippen molar-refractivity contribution in [2.75, 3.05) is 13.7 Å². The van der Waals surface area contributed by atoms with Crippen LogP contribution in [0.5, 0.6) is 5.75 Å². The molecule has 1 amide bonds. The number of carbonyl (C=O) groups is 1. The molecular formula is C22H23NO3. The fourth-order valence-corrected chi connectivity index (χ4v) is 3.21. The molecule has 3 aromatic rings. The average molecular weight is 349 g/mol. The number of benzene rings is 2. The van der Waals surface area contributed by atoms with Gasteiger partial charge in [-0.15, -0.1) is 0 Å². The summed E-state index contributed by atoms with van der Waals surface area (Å²) in [5.41, 5.74) is 5.58. The summed E-state index contributed by atoms with van der Waals surface area (Å²) in [7, 11) is 1.64. The molecule has 0 aliphatic carbocycles. The third kappa shape index (κ3) is 3.23. The van der Waals surface area contributed by atoms with Crippen LogP contribution in [0.3, 0.4) is 0 Å². The number of fused-ring (bicyclic) bond motifs is 1. The van der Waals surface area contributed by atoms with Crippen LogP contribution in [0.15, 0.2) is 53.2 Å². The summed E-state index contributed by atoms with van der Waals surface area (Å²) in [6.45, 7) is 6.39. The van der Waals surface area contributed by atoms with Gasteiger partial charge in [-0.2, -0.15) is 0 Å². The first kappa shape index (κ1) is 17.8. The second-order valence-corrected chi connectivity index (χ2v) is 6.20. The van der Waals surface area contributed by atoms with Gasteiger partial charge in [0, 0.05) is 34.7 Å². The Bertz CT molecular complexity index is 968. The molecule has 26 heavy (non-hydrogen) atoms. The molecule has 4 nitrogen and oxygen atoms in total. The van der Waals surface area contributed by atoms with Crippen molar-refractivity contribution in [3.05, 3.63) is 59.9 Å². The molecule has 4 heteroatoms. The second-order valence-electron chi connectivity index (χ2n) is 6.20. The lowest BCUT2D eigenvalue weighted by Crippen LogP contribution is -2.20. The van der Waals surface area contributed by atoms with Crippen LogP contribution in [-0.4, -0.2) is 19.6 Å². The minimum atomic E-state index is -0.111. The summed E-state index contributed by atoms with van der Waals surface area (Å²) in [6, 6.07) is 12.2. The summed E-state index contributed by atoms with van der Waals surface area (Å²) < 4.78 is 11.5. The highest BCUT2D eigenvalue weighted by Gasteiger charge is 2.18. The minimum Gasteiger partial charge on any atom is -0.496 e. The van der Waals surface area contributed by atoms with E-state index in [0.29, 0.717) is 6.54 Å². The topological polar surface area (TPSA) is 51.5 Å². The van der Waals surface area contributed by atoms with Gasteiger partial charge >= 0.3 is 0 Å². The number of carbonyl (C=O) groups excluding carboxylic acids is 1. The Morgan fingerprint density at radius 2 is 2.00 bits per heavy atom. The Kier molecular flexibility index (Phi) is 5.12. The zero-order valence-electron chi connectivity index (χ0n) is 15.6. The van der Waals surface area contributed by atoms with Gasteiger partial charge < -0.3 is 14.5 Å². The van der Waals surface area contributed by atoms with Crippen LogP contribution < -0.4 is 10.1 Å². The summed E-state index contributed by atoms with van der Waals surface area (Å²) in [5, 5.41) is 3.80. The van der Waals surface area contributed by atoms with Crippen molar-refractivity contribution in [3.63, 3.8) is 0 Å². The van der Waals surface area contributed by atoms with E-state index in [0.717, 1.165) is 44.5 Å². The van der Waals surface area contributed by atoms with Crippen molar-refractivity contribution >= 4 is 22.4 Å². The van der Waals surface area contributed by atoms with Crippen molar-refractivity contribution in [1.29, 1.82) is 0 Å². The lowest BCUT2D eigenvalue weighted by atomic mass is 9.96. The van der Waals surface area contributed by atoms with Crippen LogP contribution in [0.1, 0.15) is 25.0 Å².